The first-order valence-corrected chi connectivity index (χ1v) is 13.5. The van der Waals surface area contributed by atoms with Gasteiger partial charge in [0.2, 0.25) is 0 Å². The van der Waals surface area contributed by atoms with Gasteiger partial charge in [-0.1, -0.05) is 49.7 Å². The summed E-state index contributed by atoms with van der Waals surface area (Å²) in [6.45, 7) is 2.77. The molecule has 0 spiro atoms. The van der Waals surface area contributed by atoms with Crippen molar-refractivity contribution in [1.29, 1.82) is 0 Å². The van der Waals surface area contributed by atoms with Crippen molar-refractivity contribution in [3.63, 3.8) is 0 Å². The van der Waals surface area contributed by atoms with Gasteiger partial charge in [-0.05, 0) is 54.3 Å². The molecule has 0 aliphatic rings. The van der Waals surface area contributed by atoms with Crippen LogP contribution in [0.25, 0.3) is 11.3 Å². The van der Waals surface area contributed by atoms with Gasteiger partial charge < -0.3 is 19.8 Å². The molecule has 3 aromatic carbocycles. The third-order valence-corrected chi connectivity index (χ3v) is 6.80. The largest absolute Gasteiger partial charge is 0.336 e. The predicted molar refractivity (Wildman–Crippen MR) is 159 cm³/mol. The van der Waals surface area contributed by atoms with Crippen LogP contribution in [0.5, 0.6) is 0 Å². The lowest BCUT2D eigenvalue weighted by Crippen LogP contribution is -2.21. The molecule has 0 atom stereocenters. The lowest BCUT2D eigenvalue weighted by Gasteiger charge is -2.14. The monoisotopic (exact) mass is 550 g/mol. The minimum Gasteiger partial charge on any atom is -0.336 e. The fourth-order valence-electron chi connectivity index (χ4n) is 4.58. The molecule has 2 heterocycles. The Kier molecular flexibility index (Phi) is 8.34. The smallest absolute Gasteiger partial charge is 0.293 e. The Bertz CT molecular complexity index is 1710. The lowest BCUT2D eigenvalue weighted by atomic mass is 10.0. The van der Waals surface area contributed by atoms with Gasteiger partial charge in [0, 0.05) is 49.0 Å². The summed E-state index contributed by atoms with van der Waals surface area (Å²) in [6, 6.07) is 19.7. The first-order valence-electron chi connectivity index (χ1n) is 13.5. The summed E-state index contributed by atoms with van der Waals surface area (Å²) in [7, 11) is 1.59. The van der Waals surface area contributed by atoms with E-state index in [4.69, 9.17) is 0 Å². The van der Waals surface area contributed by atoms with Crippen molar-refractivity contribution in [2.45, 2.75) is 32.7 Å². The highest BCUT2D eigenvalue weighted by Crippen LogP contribution is 2.28. The summed E-state index contributed by atoms with van der Waals surface area (Å²) in [4.78, 5) is 34.5. The molecule has 41 heavy (non-hydrogen) atoms. The highest BCUT2D eigenvalue weighted by molar-refractivity contribution is 6.05. The van der Waals surface area contributed by atoms with Crippen LogP contribution in [0, 0.1) is 5.82 Å². The Balaban J connectivity index is 1.38. The van der Waals surface area contributed by atoms with E-state index in [0.717, 1.165) is 30.4 Å². The van der Waals surface area contributed by atoms with Crippen molar-refractivity contribution >= 4 is 23.1 Å². The Morgan fingerprint density at radius 3 is 2.59 bits per heavy atom. The third kappa shape index (κ3) is 6.41. The van der Waals surface area contributed by atoms with E-state index in [1.165, 1.54) is 16.8 Å². The van der Waals surface area contributed by atoms with Crippen LogP contribution in [-0.2, 0) is 20.0 Å². The second-order valence-corrected chi connectivity index (χ2v) is 9.83. The van der Waals surface area contributed by atoms with Gasteiger partial charge in [-0.2, -0.15) is 0 Å². The number of aromatic nitrogens is 4. The van der Waals surface area contributed by atoms with Gasteiger partial charge >= 0.3 is 0 Å². The molecule has 0 aliphatic heterocycles. The number of rotatable bonds is 10. The zero-order chi connectivity index (χ0) is 28.8. The molecular weight excluding hydrogens is 519 g/mol. The first kappa shape index (κ1) is 27.5. The number of imidazole rings is 1. The summed E-state index contributed by atoms with van der Waals surface area (Å²) in [5, 5.41) is 5.79. The molecule has 5 aromatic rings. The zero-order valence-corrected chi connectivity index (χ0v) is 23.0. The van der Waals surface area contributed by atoms with Crippen LogP contribution in [0.1, 0.15) is 41.3 Å². The molecule has 0 saturated carbocycles. The molecular formula is C32H31FN6O2. The summed E-state index contributed by atoms with van der Waals surface area (Å²) in [5.74, 6) is -0.945. The summed E-state index contributed by atoms with van der Waals surface area (Å²) in [6.07, 6.45) is 9.57. The number of anilines is 3. The van der Waals surface area contributed by atoms with Gasteiger partial charge in [0.25, 0.3) is 11.5 Å². The fraction of sp³-hybridized carbons (Fsp3) is 0.188. The van der Waals surface area contributed by atoms with Crippen LogP contribution in [0.4, 0.5) is 21.6 Å². The molecule has 5 rings (SSSR count). The van der Waals surface area contributed by atoms with Crippen molar-refractivity contribution in [2.24, 2.45) is 7.05 Å². The molecule has 0 saturated heterocycles. The average Bonchev–Trinajstić information content (AvgIpc) is 3.49. The van der Waals surface area contributed by atoms with Crippen LogP contribution in [0.3, 0.4) is 0 Å². The number of hydrogen-bond donors (Lipinski definition) is 2. The minimum absolute atomic E-state index is 0.0384. The Morgan fingerprint density at radius 2 is 1.83 bits per heavy atom. The SMILES string of the molecule is CCCCc1ccccc1C(=O)Nc1cccc(-c2cn(C)c(=O)c(Nc3ccc(Cn4ccnc4)cc3)n2)c1F. The molecule has 2 N–H and O–H groups in total. The number of nitrogens with zero attached hydrogens (tertiary/aromatic N) is 4. The number of unbranched alkanes of at least 4 members (excludes halogenated alkanes) is 1. The Labute approximate surface area is 237 Å². The Hall–Kier alpha value is -5.05. The average molecular weight is 551 g/mol. The summed E-state index contributed by atoms with van der Waals surface area (Å²) in [5.41, 5.74) is 3.28. The number of nitrogens with one attached hydrogen (secondary N) is 2. The van der Waals surface area contributed by atoms with Crippen LogP contribution in [0.15, 0.2) is 96.4 Å². The maximum atomic E-state index is 15.8. The standard InChI is InChI=1S/C32H31FN6O2/c1-3-4-8-23-9-5-6-10-25(23)31(40)37-27-12-7-11-26(29(27)33)28-20-38(2)32(41)30(36-28)35-24-15-13-22(14-16-24)19-39-18-17-34-21-39/h5-7,9-18,20-21H,3-4,8,19H2,1-2H3,(H,35,36)(H,37,40). The maximum Gasteiger partial charge on any atom is 0.293 e. The second-order valence-electron chi connectivity index (χ2n) is 9.83. The molecule has 0 aliphatic carbocycles. The van der Waals surface area contributed by atoms with E-state index in [2.05, 4.69) is 27.5 Å². The topological polar surface area (TPSA) is 93.8 Å². The summed E-state index contributed by atoms with van der Waals surface area (Å²) >= 11 is 0. The molecule has 208 valence electrons. The molecule has 0 fully saturated rings. The number of halogens is 1. The molecule has 0 bridgehead atoms. The third-order valence-electron chi connectivity index (χ3n) is 6.80. The number of benzene rings is 3. The van der Waals surface area contributed by atoms with Crippen LogP contribution in [-0.4, -0.2) is 25.0 Å². The predicted octanol–water partition coefficient (Wildman–Crippen LogP) is 6.17. The van der Waals surface area contributed by atoms with Crippen LogP contribution in [0.2, 0.25) is 0 Å². The zero-order valence-electron chi connectivity index (χ0n) is 23.0. The van der Waals surface area contributed by atoms with E-state index in [-0.39, 0.29) is 34.2 Å². The van der Waals surface area contributed by atoms with Crippen molar-refractivity contribution in [1.82, 2.24) is 19.1 Å². The van der Waals surface area contributed by atoms with Gasteiger partial charge in [-0.3, -0.25) is 9.59 Å². The van der Waals surface area contributed by atoms with E-state index in [0.29, 0.717) is 17.8 Å². The normalized spacial score (nSPS) is 10.9. The van der Waals surface area contributed by atoms with Gasteiger partial charge in [0.05, 0.1) is 17.7 Å². The summed E-state index contributed by atoms with van der Waals surface area (Å²) < 4.78 is 19.1. The minimum atomic E-state index is -0.632. The number of carbonyl (C=O) groups excluding carboxylic acids is 1. The molecule has 0 radical (unpaired) electrons. The van der Waals surface area contributed by atoms with Crippen molar-refractivity contribution in [2.75, 3.05) is 10.6 Å². The van der Waals surface area contributed by atoms with Crippen molar-refractivity contribution < 1.29 is 9.18 Å². The second kappa shape index (κ2) is 12.4. The molecule has 0 unspecified atom stereocenters. The molecule has 8 nitrogen and oxygen atoms in total. The molecule has 1 amide bonds. The van der Waals surface area contributed by atoms with E-state index < -0.39 is 5.82 Å². The lowest BCUT2D eigenvalue weighted by molar-refractivity contribution is 0.102. The highest BCUT2D eigenvalue weighted by Gasteiger charge is 2.18. The van der Waals surface area contributed by atoms with E-state index in [1.54, 1.807) is 43.8 Å². The number of carbonyl (C=O) groups is 1. The fourth-order valence-corrected chi connectivity index (χ4v) is 4.58. The van der Waals surface area contributed by atoms with E-state index in [9.17, 15) is 9.59 Å². The van der Waals surface area contributed by atoms with Crippen LogP contribution < -0.4 is 16.2 Å². The van der Waals surface area contributed by atoms with Gasteiger partial charge in [0.15, 0.2) is 11.6 Å². The van der Waals surface area contributed by atoms with Crippen molar-refractivity contribution in [3.05, 3.63) is 125 Å². The van der Waals surface area contributed by atoms with Gasteiger partial charge in [0.1, 0.15) is 0 Å². The molecule has 9 heteroatoms. The quantitative estimate of drug-likeness (QED) is 0.217. The Morgan fingerprint density at radius 1 is 1.02 bits per heavy atom. The molecule has 2 aromatic heterocycles. The number of hydrogen-bond acceptors (Lipinski definition) is 5. The highest BCUT2D eigenvalue weighted by atomic mass is 19.1. The van der Waals surface area contributed by atoms with Gasteiger partial charge in [-0.25, -0.2) is 14.4 Å². The van der Waals surface area contributed by atoms with E-state index >= 15 is 4.39 Å². The van der Waals surface area contributed by atoms with Gasteiger partial charge in [-0.15, -0.1) is 0 Å². The van der Waals surface area contributed by atoms with Crippen LogP contribution >= 0.6 is 0 Å². The number of aryl methyl sites for hydroxylation is 2. The number of amides is 1. The van der Waals surface area contributed by atoms with E-state index in [1.807, 2.05) is 47.2 Å². The first-order chi connectivity index (χ1) is 19.9. The maximum absolute atomic E-state index is 15.8. The van der Waals surface area contributed by atoms with Crippen molar-refractivity contribution in [3.8, 4) is 11.3 Å².